The van der Waals surface area contributed by atoms with Crippen LogP contribution in [0.2, 0.25) is 0 Å². The first-order chi connectivity index (χ1) is 12.8. The van der Waals surface area contributed by atoms with Crippen LogP contribution in [0.25, 0.3) is 0 Å². The van der Waals surface area contributed by atoms with Crippen molar-refractivity contribution >= 4 is 23.3 Å². The van der Waals surface area contributed by atoms with Crippen LogP contribution in [-0.2, 0) is 0 Å². The summed E-state index contributed by atoms with van der Waals surface area (Å²) >= 11 is 1.45. The molecule has 0 aromatic carbocycles. The minimum absolute atomic E-state index is 0.217. The third-order valence-electron chi connectivity index (χ3n) is 4.61. The van der Waals surface area contributed by atoms with Crippen LogP contribution in [0.4, 0.5) is 13.2 Å². The molecular weight excluding hydrogens is 371 g/mol. The number of nitrogens with zero attached hydrogens (tertiary/aromatic N) is 3. The van der Waals surface area contributed by atoms with Gasteiger partial charge in [0.25, 0.3) is 0 Å². The Morgan fingerprint density at radius 3 is 2.81 bits per heavy atom. The number of hydrogen-bond acceptors (Lipinski definition) is 4. The van der Waals surface area contributed by atoms with Crippen molar-refractivity contribution < 1.29 is 13.2 Å². The lowest BCUT2D eigenvalue weighted by Crippen LogP contribution is -2.35. The van der Waals surface area contributed by atoms with E-state index in [0.29, 0.717) is 24.5 Å². The summed E-state index contributed by atoms with van der Waals surface area (Å²) in [4.78, 5) is 11.5. The van der Waals surface area contributed by atoms with Gasteiger partial charge in [0.15, 0.2) is 0 Å². The van der Waals surface area contributed by atoms with Crippen molar-refractivity contribution in [2.24, 2.45) is 9.98 Å². The third kappa shape index (κ3) is 5.15. The Hall–Kier alpha value is -1.76. The van der Waals surface area contributed by atoms with Crippen molar-refractivity contribution in [3.05, 3.63) is 46.4 Å². The second-order valence-electron chi connectivity index (χ2n) is 6.48. The Labute approximate surface area is 163 Å². The summed E-state index contributed by atoms with van der Waals surface area (Å²) in [6.07, 6.45) is 2.82. The van der Waals surface area contributed by atoms with Crippen molar-refractivity contribution in [3.63, 3.8) is 0 Å². The molecular formula is C20H26F3N3S. The van der Waals surface area contributed by atoms with E-state index in [1.54, 1.807) is 13.1 Å². The highest BCUT2D eigenvalue weighted by atomic mass is 32.2. The van der Waals surface area contributed by atoms with Crippen LogP contribution in [0.15, 0.2) is 56.4 Å². The Morgan fingerprint density at radius 1 is 1.48 bits per heavy atom. The molecule has 0 aromatic rings. The molecule has 1 fully saturated rings. The lowest BCUT2D eigenvalue weighted by molar-refractivity contribution is 0.152. The Kier molecular flexibility index (Phi) is 7.53. The fraction of sp³-hybridized carbons (Fsp3) is 0.500. The van der Waals surface area contributed by atoms with Gasteiger partial charge in [-0.2, -0.15) is 0 Å². The molecule has 0 spiro atoms. The summed E-state index contributed by atoms with van der Waals surface area (Å²) in [5, 5.41) is 1.91. The first-order valence-electron chi connectivity index (χ1n) is 8.97. The lowest BCUT2D eigenvalue weighted by atomic mass is 9.97. The van der Waals surface area contributed by atoms with Crippen LogP contribution in [0.5, 0.6) is 0 Å². The quantitative estimate of drug-likeness (QED) is 0.503. The summed E-state index contributed by atoms with van der Waals surface area (Å²) in [7, 11) is 1.61. The second-order valence-corrected chi connectivity index (χ2v) is 7.48. The summed E-state index contributed by atoms with van der Waals surface area (Å²) in [5.74, 6) is 0.678. The van der Waals surface area contributed by atoms with E-state index in [-0.39, 0.29) is 19.4 Å². The topological polar surface area (TPSA) is 28.0 Å². The molecule has 0 bridgehead atoms. The van der Waals surface area contributed by atoms with E-state index in [4.69, 9.17) is 0 Å². The molecule has 148 valence electrons. The number of alkyl halides is 3. The van der Waals surface area contributed by atoms with Gasteiger partial charge >= 0.3 is 0 Å². The monoisotopic (exact) mass is 397 g/mol. The first kappa shape index (κ1) is 21.5. The second kappa shape index (κ2) is 9.44. The molecule has 27 heavy (non-hydrogen) atoms. The molecule has 3 nitrogen and oxygen atoms in total. The smallest absolute Gasteiger partial charge is 0.242 e. The van der Waals surface area contributed by atoms with Crippen LogP contribution in [0.1, 0.15) is 33.1 Å². The van der Waals surface area contributed by atoms with Gasteiger partial charge in [-0.05, 0) is 24.8 Å². The van der Waals surface area contributed by atoms with E-state index < -0.39 is 12.1 Å². The van der Waals surface area contributed by atoms with Gasteiger partial charge in [0.05, 0.1) is 18.8 Å². The molecule has 0 saturated carbocycles. The van der Waals surface area contributed by atoms with Gasteiger partial charge in [-0.3, -0.25) is 9.98 Å². The van der Waals surface area contributed by atoms with Gasteiger partial charge in [-0.1, -0.05) is 37.4 Å². The minimum atomic E-state index is -2.40. The van der Waals surface area contributed by atoms with Gasteiger partial charge in [-0.15, -0.1) is 0 Å². The molecule has 0 aromatic heterocycles. The summed E-state index contributed by atoms with van der Waals surface area (Å²) < 4.78 is 40.1. The number of amidine groups is 1. The number of rotatable bonds is 8. The van der Waals surface area contributed by atoms with Crippen molar-refractivity contribution in [2.45, 2.75) is 45.2 Å². The van der Waals surface area contributed by atoms with Gasteiger partial charge in [-0.25, -0.2) is 13.2 Å². The Bertz CT molecular complexity index is 722. The van der Waals surface area contributed by atoms with Crippen molar-refractivity contribution in [2.75, 3.05) is 20.1 Å². The summed E-state index contributed by atoms with van der Waals surface area (Å²) in [6, 6.07) is 0. The van der Waals surface area contributed by atoms with Crippen LogP contribution >= 0.6 is 11.8 Å². The molecule has 0 N–H and O–H groups in total. The number of allylic oxidation sites excluding steroid dienone is 4. The van der Waals surface area contributed by atoms with Crippen LogP contribution < -0.4 is 0 Å². The summed E-state index contributed by atoms with van der Waals surface area (Å²) in [6.45, 7) is 8.38. The molecule has 7 heteroatoms. The van der Waals surface area contributed by atoms with Crippen LogP contribution in [0, 0.1) is 0 Å². The average Bonchev–Trinajstić information content (AvgIpc) is 3.00. The molecule has 2 aliphatic rings. The van der Waals surface area contributed by atoms with E-state index in [0.717, 1.165) is 16.2 Å². The molecule has 1 saturated heterocycles. The SMILES string of the molecule is C=C(S/C=C\C)C1=NCC(C(/C=C\CC(F)F)=NC)=C2CC(F)(CC)CN12. The van der Waals surface area contributed by atoms with Crippen LogP contribution in [-0.4, -0.2) is 48.7 Å². The zero-order chi connectivity index (χ0) is 20.0. The first-order valence-corrected chi connectivity index (χ1v) is 9.85. The molecule has 0 aliphatic carbocycles. The largest absolute Gasteiger partial charge is 0.326 e. The maximum absolute atomic E-state index is 15.2. The Balaban J connectivity index is 2.37. The number of aliphatic imine (C=N–C) groups is 2. The van der Waals surface area contributed by atoms with Crippen molar-refractivity contribution in [3.8, 4) is 0 Å². The highest BCUT2D eigenvalue weighted by molar-refractivity contribution is 8.06. The van der Waals surface area contributed by atoms with Crippen LogP contribution in [0.3, 0.4) is 0 Å². The van der Waals surface area contributed by atoms with E-state index in [2.05, 4.69) is 16.6 Å². The van der Waals surface area contributed by atoms with Crippen molar-refractivity contribution in [1.82, 2.24) is 4.90 Å². The molecule has 1 atom stereocenters. The normalized spacial score (nSPS) is 23.7. The predicted octanol–water partition coefficient (Wildman–Crippen LogP) is 5.54. The number of thioether (sulfide) groups is 1. The molecule has 2 rings (SSSR count). The molecule has 0 amide bonds. The van der Waals surface area contributed by atoms with Gasteiger partial charge < -0.3 is 4.90 Å². The fourth-order valence-corrected chi connectivity index (χ4v) is 3.71. The van der Waals surface area contributed by atoms with E-state index in [1.165, 1.54) is 17.8 Å². The molecule has 1 unspecified atom stereocenters. The van der Waals surface area contributed by atoms with Crippen molar-refractivity contribution in [1.29, 1.82) is 0 Å². The number of fused-ring (bicyclic) bond motifs is 1. The van der Waals surface area contributed by atoms with E-state index >= 15 is 4.39 Å². The molecule has 0 radical (unpaired) electrons. The zero-order valence-electron chi connectivity index (χ0n) is 16.0. The lowest BCUT2D eigenvalue weighted by Gasteiger charge is -2.29. The van der Waals surface area contributed by atoms with Gasteiger partial charge in [0.2, 0.25) is 6.43 Å². The highest BCUT2D eigenvalue weighted by Gasteiger charge is 2.44. The Morgan fingerprint density at radius 2 is 2.22 bits per heavy atom. The maximum atomic E-state index is 15.2. The number of halogens is 3. The standard InChI is InChI=1S/C20H26F3N3S/c1-5-10-27-14(3)19-25-12-15(16(24-4)8-7-9-18(21)22)17-11-20(23,6-2)13-26(17)19/h5,7-8,10,18H,3,6,9,11-13H2,1-2,4H3/b8-7-,10-5-,24-16?. The predicted molar refractivity (Wildman–Crippen MR) is 109 cm³/mol. The third-order valence-corrected chi connectivity index (χ3v) is 5.49. The fourth-order valence-electron chi connectivity index (χ4n) is 3.13. The molecule has 2 heterocycles. The highest BCUT2D eigenvalue weighted by Crippen LogP contribution is 2.41. The van der Waals surface area contributed by atoms with E-state index in [1.807, 2.05) is 30.2 Å². The maximum Gasteiger partial charge on any atom is 0.242 e. The van der Waals surface area contributed by atoms with Gasteiger partial charge in [0.1, 0.15) is 11.5 Å². The number of hydrogen-bond donors (Lipinski definition) is 0. The summed E-state index contributed by atoms with van der Waals surface area (Å²) in [5.41, 5.74) is 0.853. The zero-order valence-corrected chi connectivity index (χ0v) is 16.8. The minimum Gasteiger partial charge on any atom is -0.326 e. The van der Waals surface area contributed by atoms with E-state index in [9.17, 15) is 8.78 Å². The molecule has 2 aliphatic heterocycles. The van der Waals surface area contributed by atoms with Gasteiger partial charge in [0, 0.05) is 36.1 Å². The average molecular weight is 398 g/mol.